The summed E-state index contributed by atoms with van der Waals surface area (Å²) < 4.78 is 0. The van der Waals surface area contributed by atoms with Gasteiger partial charge in [0, 0.05) is 37.8 Å². The van der Waals surface area contributed by atoms with E-state index in [1.54, 1.807) is 0 Å². The lowest BCUT2D eigenvalue weighted by molar-refractivity contribution is 0.00312. The van der Waals surface area contributed by atoms with Gasteiger partial charge in [-0.3, -0.25) is 4.90 Å². The Balaban J connectivity index is 2.03. The molecule has 2 N–H and O–H groups in total. The van der Waals surface area contributed by atoms with E-state index in [-0.39, 0.29) is 0 Å². The predicted octanol–water partition coefficient (Wildman–Crippen LogP) is 3.09. The summed E-state index contributed by atoms with van der Waals surface area (Å²) in [7, 11) is 2.28. The van der Waals surface area contributed by atoms with Crippen molar-refractivity contribution in [2.75, 3.05) is 33.2 Å². The van der Waals surface area contributed by atoms with Crippen LogP contribution in [0.5, 0.6) is 0 Å². The first-order valence-electron chi connectivity index (χ1n) is 9.30. The van der Waals surface area contributed by atoms with Gasteiger partial charge in [0.05, 0.1) is 0 Å². The molecule has 0 radical (unpaired) electrons. The fourth-order valence-electron chi connectivity index (χ4n) is 4.63. The van der Waals surface area contributed by atoms with Crippen LogP contribution in [0.15, 0.2) is 0 Å². The van der Waals surface area contributed by atoms with Crippen LogP contribution in [0.25, 0.3) is 0 Å². The first kappa shape index (κ1) is 17.2. The molecular weight excluding hydrogens is 258 g/mol. The van der Waals surface area contributed by atoms with Gasteiger partial charge in [0.25, 0.3) is 0 Å². The minimum absolute atomic E-state index is 0.303. The van der Waals surface area contributed by atoms with Crippen LogP contribution < -0.4 is 5.73 Å². The number of hydrogen-bond acceptors (Lipinski definition) is 3. The molecule has 1 aliphatic carbocycles. The third kappa shape index (κ3) is 4.00. The highest BCUT2D eigenvalue weighted by atomic mass is 15.3. The van der Waals surface area contributed by atoms with E-state index in [0.717, 1.165) is 18.5 Å². The lowest BCUT2D eigenvalue weighted by atomic mass is 9.86. The maximum absolute atomic E-state index is 6.32. The van der Waals surface area contributed by atoms with Gasteiger partial charge in [-0.15, -0.1) is 0 Å². The van der Waals surface area contributed by atoms with Gasteiger partial charge in [0.15, 0.2) is 0 Å². The third-order valence-electron chi connectivity index (χ3n) is 6.27. The molecule has 1 aliphatic heterocycles. The number of nitrogens with zero attached hydrogens (tertiary/aromatic N) is 2. The minimum atomic E-state index is 0.303. The van der Waals surface area contributed by atoms with Crippen LogP contribution in [-0.4, -0.2) is 54.6 Å². The molecule has 21 heavy (non-hydrogen) atoms. The molecule has 3 nitrogen and oxygen atoms in total. The molecule has 2 aliphatic rings. The van der Waals surface area contributed by atoms with Crippen molar-refractivity contribution in [2.24, 2.45) is 11.7 Å². The zero-order chi connectivity index (χ0) is 15.3. The molecule has 3 atom stereocenters. The maximum atomic E-state index is 6.32. The minimum Gasteiger partial charge on any atom is -0.329 e. The van der Waals surface area contributed by atoms with Crippen LogP contribution in [0.3, 0.4) is 0 Å². The summed E-state index contributed by atoms with van der Waals surface area (Å²) in [6, 6.07) is 0.719. The van der Waals surface area contributed by atoms with E-state index in [0.29, 0.717) is 5.54 Å². The van der Waals surface area contributed by atoms with Crippen LogP contribution in [-0.2, 0) is 0 Å². The summed E-state index contributed by atoms with van der Waals surface area (Å²) in [4.78, 5) is 5.31. The van der Waals surface area contributed by atoms with Crippen molar-refractivity contribution in [2.45, 2.75) is 76.8 Å². The van der Waals surface area contributed by atoms with E-state index in [1.165, 1.54) is 71.0 Å². The van der Waals surface area contributed by atoms with Crippen molar-refractivity contribution in [3.63, 3.8) is 0 Å². The van der Waals surface area contributed by atoms with Crippen LogP contribution in [0.2, 0.25) is 0 Å². The zero-order valence-corrected chi connectivity index (χ0v) is 14.6. The monoisotopic (exact) mass is 295 g/mol. The van der Waals surface area contributed by atoms with Gasteiger partial charge in [0.2, 0.25) is 0 Å². The van der Waals surface area contributed by atoms with Gasteiger partial charge in [0.1, 0.15) is 0 Å². The first-order valence-corrected chi connectivity index (χ1v) is 9.30. The van der Waals surface area contributed by atoms with Crippen molar-refractivity contribution >= 4 is 0 Å². The summed E-state index contributed by atoms with van der Waals surface area (Å²) in [5, 5.41) is 0. The molecule has 0 bridgehead atoms. The van der Waals surface area contributed by atoms with Crippen molar-refractivity contribution in [3.8, 4) is 0 Å². The molecular formula is C18H37N3. The molecule has 0 aromatic rings. The number of nitrogens with two attached hydrogens (primary N) is 1. The normalized spacial score (nSPS) is 36.6. The van der Waals surface area contributed by atoms with E-state index in [2.05, 4.69) is 30.7 Å². The number of likely N-dealkylation sites (N-methyl/N-ethyl adjacent to an activating group) is 1. The van der Waals surface area contributed by atoms with Gasteiger partial charge in [-0.05, 0) is 38.6 Å². The predicted molar refractivity (Wildman–Crippen MR) is 91.6 cm³/mol. The molecule has 0 aromatic heterocycles. The fourth-order valence-corrected chi connectivity index (χ4v) is 4.63. The summed E-state index contributed by atoms with van der Waals surface area (Å²) in [6.45, 7) is 9.15. The SMILES string of the molecule is CCCC1CCCC(CN)(N2CCN(C)C(CC)C2)CC1. The molecule has 3 heteroatoms. The molecule has 0 aromatic carbocycles. The van der Waals surface area contributed by atoms with Crippen molar-refractivity contribution in [1.29, 1.82) is 0 Å². The van der Waals surface area contributed by atoms with Crippen LogP contribution in [0.1, 0.15) is 65.2 Å². The molecule has 2 fully saturated rings. The Morgan fingerprint density at radius 2 is 1.95 bits per heavy atom. The molecule has 124 valence electrons. The van der Waals surface area contributed by atoms with Crippen LogP contribution in [0, 0.1) is 5.92 Å². The van der Waals surface area contributed by atoms with Crippen molar-refractivity contribution in [1.82, 2.24) is 9.80 Å². The highest BCUT2D eigenvalue weighted by Gasteiger charge is 2.40. The number of piperazine rings is 1. The quantitative estimate of drug-likeness (QED) is 0.791. The Morgan fingerprint density at radius 3 is 2.62 bits per heavy atom. The second kappa shape index (κ2) is 7.94. The standard InChI is InChI=1S/C18H37N3/c1-4-7-16-8-6-10-18(15-19,11-9-16)21-13-12-20(3)17(5-2)14-21/h16-17H,4-15,19H2,1-3H3. The lowest BCUT2D eigenvalue weighted by Crippen LogP contribution is -2.62. The molecule has 3 unspecified atom stereocenters. The Hall–Kier alpha value is -0.120. The molecule has 2 rings (SSSR count). The van der Waals surface area contributed by atoms with Gasteiger partial charge in [-0.25, -0.2) is 0 Å². The Labute approximate surface area is 132 Å². The Bertz CT molecular complexity index is 307. The largest absolute Gasteiger partial charge is 0.329 e. The van der Waals surface area contributed by atoms with E-state index in [9.17, 15) is 0 Å². The van der Waals surface area contributed by atoms with E-state index >= 15 is 0 Å². The molecule has 1 saturated carbocycles. The second-order valence-corrected chi connectivity index (χ2v) is 7.50. The van der Waals surface area contributed by atoms with Gasteiger partial charge >= 0.3 is 0 Å². The van der Waals surface area contributed by atoms with Crippen LogP contribution >= 0.6 is 0 Å². The maximum Gasteiger partial charge on any atom is 0.0333 e. The third-order valence-corrected chi connectivity index (χ3v) is 6.27. The Morgan fingerprint density at radius 1 is 1.14 bits per heavy atom. The summed E-state index contributed by atoms with van der Waals surface area (Å²) in [5.74, 6) is 0.956. The average molecular weight is 296 g/mol. The number of hydrogen-bond donors (Lipinski definition) is 1. The first-order chi connectivity index (χ1) is 10.1. The number of rotatable bonds is 5. The highest BCUT2D eigenvalue weighted by Crippen LogP contribution is 2.37. The molecule has 0 spiro atoms. The highest BCUT2D eigenvalue weighted by molar-refractivity contribution is 4.97. The van der Waals surface area contributed by atoms with Crippen LogP contribution in [0.4, 0.5) is 0 Å². The molecule has 0 amide bonds. The summed E-state index contributed by atoms with van der Waals surface area (Å²) in [6.07, 6.45) is 10.9. The zero-order valence-electron chi connectivity index (χ0n) is 14.6. The molecule has 1 heterocycles. The van der Waals surface area contributed by atoms with Gasteiger partial charge < -0.3 is 10.6 Å². The lowest BCUT2D eigenvalue weighted by Gasteiger charge is -2.49. The average Bonchev–Trinajstić information content (AvgIpc) is 2.71. The van der Waals surface area contributed by atoms with Gasteiger partial charge in [-0.1, -0.05) is 39.5 Å². The van der Waals surface area contributed by atoms with E-state index in [1.807, 2.05) is 0 Å². The molecule has 1 saturated heterocycles. The van der Waals surface area contributed by atoms with E-state index < -0.39 is 0 Å². The van der Waals surface area contributed by atoms with Crippen molar-refractivity contribution < 1.29 is 0 Å². The smallest absolute Gasteiger partial charge is 0.0333 e. The van der Waals surface area contributed by atoms with E-state index in [4.69, 9.17) is 5.73 Å². The summed E-state index contributed by atoms with van der Waals surface area (Å²) >= 11 is 0. The fraction of sp³-hybridized carbons (Fsp3) is 1.00. The van der Waals surface area contributed by atoms with Gasteiger partial charge in [-0.2, -0.15) is 0 Å². The topological polar surface area (TPSA) is 32.5 Å². The van der Waals surface area contributed by atoms with Crippen molar-refractivity contribution in [3.05, 3.63) is 0 Å². The Kier molecular flexibility index (Phi) is 6.51. The summed E-state index contributed by atoms with van der Waals surface area (Å²) in [5.41, 5.74) is 6.63. The second-order valence-electron chi connectivity index (χ2n) is 7.50.